The molecule has 0 N–H and O–H groups in total. The molecule has 2 aromatic carbocycles. The second kappa shape index (κ2) is 10.6. The van der Waals surface area contributed by atoms with Gasteiger partial charge in [-0.05, 0) is 17.7 Å². The molecule has 0 saturated carbocycles. The molecule has 9 nitrogen and oxygen atoms in total. The average Bonchev–Trinajstić information content (AvgIpc) is 3.34. The zero-order valence-electron chi connectivity index (χ0n) is 18.6. The van der Waals surface area contributed by atoms with E-state index in [4.69, 9.17) is 19.2 Å². The maximum atomic E-state index is 11.2. The number of thiazole rings is 1. The Hall–Kier alpha value is -3.21. The average molecular weight is 471 g/mol. The summed E-state index contributed by atoms with van der Waals surface area (Å²) in [6, 6.07) is 12.5. The molecule has 1 aliphatic heterocycles. The zero-order valence-corrected chi connectivity index (χ0v) is 19.4. The molecule has 1 saturated heterocycles. The van der Waals surface area contributed by atoms with Crippen molar-refractivity contribution < 1.29 is 19.1 Å². The van der Waals surface area contributed by atoms with Crippen molar-refractivity contribution in [1.82, 2.24) is 9.88 Å². The fourth-order valence-corrected chi connectivity index (χ4v) is 4.51. The third-order valence-corrected chi connectivity index (χ3v) is 6.31. The van der Waals surface area contributed by atoms with Gasteiger partial charge in [-0.25, -0.2) is 4.98 Å². The number of benzene rings is 2. The van der Waals surface area contributed by atoms with Gasteiger partial charge in [0.2, 0.25) is 0 Å². The van der Waals surface area contributed by atoms with Gasteiger partial charge in [0.1, 0.15) is 0 Å². The first-order valence-electron chi connectivity index (χ1n) is 10.5. The molecule has 0 bridgehead atoms. The lowest BCUT2D eigenvalue weighted by atomic mass is 10.1. The fraction of sp³-hybridized carbons (Fsp3) is 0.348. The molecular formula is C23H26N4O5S. The monoisotopic (exact) mass is 470 g/mol. The lowest BCUT2D eigenvalue weighted by Crippen LogP contribution is -2.44. The number of hydrogen-bond acceptors (Lipinski definition) is 9. The normalized spacial score (nSPS) is 14.1. The lowest BCUT2D eigenvalue weighted by Gasteiger charge is -2.32. The topological polar surface area (TPSA) is 90.2 Å². The van der Waals surface area contributed by atoms with Crippen LogP contribution < -0.4 is 14.4 Å². The molecule has 2 heterocycles. The number of methoxy groups -OCH3 is 2. The van der Waals surface area contributed by atoms with Crippen LogP contribution in [0.15, 0.2) is 47.8 Å². The van der Waals surface area contributed by atoms with Gasteiger partial charge in [0, 0.05) is 42.7 Å². The van der Waals surface area contributed by atoms with E-state index in [1.807, 2.05) is 29.6 Å². The maximum Gasteiger partial charge on any atom is 0.270 e. The summed E-state index contributed by atoms with van der Waals surface area (Å²) in [4.78, 5) is 20.1. The molecule has 0 unspecified atom stereocenters. The molecule has 1 aliphatic rings. The van der Waals surface area contributed by atoms with Crippen LogP contribution in [0, 0.1) is 10.1 Å². The minimum absolute atomic E-state index is 0.0533. The quantitative estimate of drug-likeness (QED) is 0.342. The highest BCUT2D eigenvalue weighted by Gasteiger charge is 2.20. The summed E-state index contributed by atoms with van der Waals surface area (Å²) in [5.74, 6) is 1.36. The first kappa shape index (κ1) is 23.0. The van der Waals surface area contributed by atoms with Gasteiger partial charge in [0.05, 0.1) is 44.7 Å². The number of hydrogen-bond donors (Lipinski definition) is 0. The SMILES string of the molecule is COc1ccc(CN(CN2CCOCC2)c2nc(-c3cccc([N+](=O)[O-])c3)cs2)cc1OC. The van der Waals surface area contributed by atoms with E-state index < -0.39 is 4.92 Å². The number of nitro benzene ring substituents is 1. The summed E-state index contributed by atoms with van der Waals surface area (Å²) < 4.78 is 16.3. The van der Waals surface area contributed by atoms with Gasteiger partial charge >= 0.3 is 0 Å². The summed E-state index contributed by atoms with van der Waals surface area (Å²) in [6.07, 6.45) is 0. The van der Waals surface area contributed by atoms with Gasteiger partial charge in [0.25, 0.3) is 5.69 Å². The first-order chi connectivity index (χ1) is 16.1. The molecule has 33 heavy (non-hydrogen) atoms. The Labute approximate surface area is 196 Å². The fourth-order valence-electron chi connectivity index (χ4n) is 3.68. The molecule has 1 aromatic heterocycles. The predicted molar refractivity (Wildman–Crippen MR) is 127 cm³/mol. The van der Waals surface area contributed by atoms with Crippen LogP contribution >= 0.6 is 11.3 Å². The van der Waals surface area contributed by atoms with Crippen molar-refractivity contribution in [3.63, 3.8) is 0 Å². The lowest BCUT2D eigenvalue weighted by molar-refractivity contribution is -0.384. The zero-order chi connectivity index (χ0) is 23.2. The van der Waals surface area contributed by atoms with E-state index in [0.717, 1.165) is 35.0 Å². The molecule has 3 aromatic rings. The van der Waals surface area contributed by atoms with Gasteiger partial charge in [-0.1, -0.05) is 18.2 Å². The van der Waals surface area contributed by atoms with Crippen molar-refractivity contribution in [1.29, 1.82) is 0 Å². The number of morpholine rings is 1. The van der Waals surface area contributed by atoms with E-state index in [0.29, 0.717) is 37.9 Å². The number of rotatable bonds is 9. The standard InChI is InChI=1S/C23H26N4O5S/c1-30-21-7-6-17(12-22(21)31-2)14-26(16-25-8-10-32-11-9-25)23-24-20(15-33-23)18-4-3-5-19(13-18)27(28)29/h3-7,12-13,15H,8-11,14,16H2,1-2H3. The second-order valence-electron chi connectivity index (χ2n) is 7.58. The Morgan fingerprint density at radius 3 is 2.67 bits per heavy atom. The highest BCUT2D eigenvalue weighted by atomic mass is 32.1. The predicted octanol–water partition coefficient (Wildman–Crippen LogP) is 4.03. The Kier molecular flexibility index (Phi) is 7.38. The molecule has 10 heteroatoms. The highest BCUT2D eigenvalue weighted by Crippen LogP contribution is 2.32. The van der Waals surface area contributed by atoms with E-state index in [9.17, 15) is 10.1 Å². The van der Waals surface area contributed by atoms with Crippen molar-refractivity contribution in [2.45, 2.75) is 6.54 Å². The second-order valence-corrected chi connectivity index (χ2v) is 8.42. The minimum atomic E-state index is -0.390. The number of anilines is 1. The summed E-state index contributed by atoms with van der Waals surface area (Å²) in [5, 5.41) is 14.0. The van der Waals surface area contributed by atoms with Crippen LogP contribution in [-0.2, 0) is 11.3 Å². The van der Waals surface area contributed by atoms with Crippen molar-refractivity contribution in [2.24, 2.45) is 0 Å². The highest BCUT2D eigenvalue weighted by molar-refractivity contribution is 7.14. The molecule has 0 radical (unpaired) electrons. The maximum absolute atomic E-state index is 11.2. The summed E-state index contributed by atoms with van der Waals surface area (Å²) in [7, 11) is 3.24. The van der Waals surface area contributed by atoms with Crippen molar-refractivity contribution in [3.05, 3.63) is 63.5 Å². The van der Waals surface area contributed by atoms with Crippen LogP contribution in [0.3, 0.4) is 0 Å². The molecule has 0 amide bonds. The van der Waals surface area contributed by atoms with Crippen LogP contribution in [0.25, 0.3) is 11.3 Å². The summed E-state index contributed by atoms with van der Waals surface area (Å²) in [5.41, 5.74) is 2.56. The van der Waals surface area contributed by atoms with Crippen LogP contribution in [0.5, 0.6) is 11.5 Å². The van der Waals surface area contributed by atoms with Crippen molar-refractivity contribution in [3.8, 4) is 22.8 Å². The number of nitro groups is 1. The number of aromatic nitrogens is 1. The molecule has 174 valence electrons. The van der Waals surface area contributed by atoms with Crippen molar-refractivity contribution in [2.75, 3.05) is 52.1 Å². The van der Waals surface area contributed by atoms with E-state index in [2.05, 4.69) is 9.80 Å². The Bertz CT molecular complexity index is 1100. The van der Waals surface area contributed by atoms with E-state index in [1.54, 1.807) is 26.4 Å². The number of non-ortho nitro benzene ring substituents is 1. The molecule has 4 rings (SSSR count). The summed E-state index contributed by atoms with van der Waals surface area (Å²) >= 11 is 1.52. The van der Waals surface area contributed by atoms with Gasteiger partial charge in [-0.3, -0.25) is 15.0 Å². The number of nitrogens with zero attached hydrogens (tertiary/aromatic N) is 4. The largest absolute Gasteiger partial charge is 0.493 e. The van der Waals surface area contributed by atoms with Gasteiger partial charge in [-0.15, -0.1) is 11.3 Å². The minimum Gasteiger partial charge on any atom is -0.493 e. The van der Waals surface area contributed by atoms with Crippen molar-refractivity contribution >= 4 is 22.2 Å². The van der Waals surface area contributed by atoms with Gasteiger partial charge in [-0.2, -0.15) is 0 Å². The summed E-state index contributed by atoms with van der Waals surface area (Å²) in [6.45, 7) is 4.44. The Balaban J connectivity index is 1.61. The van der Waals surface area contributed by atoms with E-state index in [1.165, 1.54) is 17.4 Å². The molecule has 0 spiro atoms. The molecular weight excluding hydrogens is 444 g/mol. The third-order valence-electron chi connectivity index (χ3n) is 5.41. The Morgan fingerprint density at radius 2 is 1.94 bits per heavy atom. The molecule has 0 aliphatic carbocycles. The van der Waals surface area contributed by atoms with Crippen LogP contribution in [-0.4, -0.2) is 62.0 Å². The van der Waals surface area contributed by atoms with Crippen LogP contribution in [0.2, 0.25) is 0 Å². The van der Waals surface area contributed by atoms with Gasteiger partial charge in [0.15, 0.2) is 16.6 Å². The van der Waals surface area contributed by atoms with Gasteiger partial charge < -0.3 is 19.1 Å². The van der Waals surface area contributed by atoms with E-state index >= 15 is 0 Å². The van der Waals surface area contributed by atoms with Crippen LogP contribution in [0.1, 0.15) is 5.56 Å². The molecule has 1 fully saturated rings. The third kappa shape index (κ3) is 5.59. The Morgan fingerprint density at radius 1 is 1.15 bits per heavy atom. The van der Waals surface area contributed by atoms with Crippen LogP contribution in [0.4, 0.5) is 10.8 Å². The number of ether oxygens (including phenoxy) is 3. The first-order valence-corrected chi connectivity index (χ1v) is 11.4. The van der Waals surface area contributed by atoms with E-state index in [-0.39, 0.29) is 5.69 Å². The smallest absolute Gasteiger partial charge is 0.270 e. The molecule has 0 atom stereocenters.